The molecule has 0 aliphatic carbocycles. The third kappa shape index (κ3) is 5.01. The van der Waals surface area contributed by atoms with E-state index in [1.165, 1.54) is 5.56 Å². The Kier molecular flexibility index (Phi) is 6.67. The number of rotatable bonds is 8. The van der Waals surface area contributed by atoms with E-state index in [4.69, 9.17) is 4.74 Å². The predicted molar refractivity (Wildman–Crippen MR) is 99.9 cm³/mol. The van der Waals surface area contributed by atoms with E-state index >= 15 is 0 Å². The third-order valence-electron chi connectivity index (χ3n) is 3.96. The summed E-state index contributed by atoms with van der Waals surface area (Å²) in [7, 11) is 0. The lowest BCUT2D eigenvalue weighted by Gasteiger charge is -2.21. The summed E-state index contributed by atoms with van der Waals surface area (Å²) in [6.07, 6.45) is 0.947. The first-order valence-corrected chi connectivity index (χ1v) is 8.52. The molecule has 4 heteroatoms. The molecule has 0 spiro atoms. The van der Waals surface area contributed by atoms with Crippen molar-refractivity contribution in [3.05, 3.63) is 54.1 Å². The number of amides is 1. The summed E-state index contributed by atoms with van der Waals surface area (Å²) in [6.45, 7) is 8.28. The molecule has 0 aliphatic heterocycles. The van der Waals surface area contributed by atoms with E-state index in [9.17, 15) is 4.79 Å². The first kappa shape index (κ1) is 17.9. The van der Waals surface area contributed by atoms with Gasteiger partial charge < -0.3 is 15.0 Å². The molecular weight excluding hydrogens is 300 g/mol. The summed E-state index contributed by atoms with van der Waals surface area (Å²) < 4.78 is 5.56. The normalized spacial score (nSPS) is 10.3. The van der Waals surface area contributed by atoms with Crippen molar-refractivity contribution in [1.29, 1.82) is 0 Å². The van der Waals surface area contributed by atoms with Gasteiger partial charge >= 0.3 is 0 Å². The Morgan fingerprint density at radius 1 is 1.04 bits per heavy atom. The van der Waals surface area contributed by atoms with Gasteiger partial charge in [-0.2, -0.15) is 0 Å². The Bertz CT molecular complexity index is 649. The van der Waals surface area contributed by atoms with Crippen molar-refractivity contribution in [3.63, 3.8) is 0 Å². The fraction of sp³-hybridized carbons (Fsp3) is 0.350. The highest BCUT2D eigenvalue weighted by Gasteiger charge is 2.06. The largest absolute Gasteiger partial charge is 0.484 e. The lowest BCUT2D eigenvalue weighted by atomic mass is 10.2. The molecule has 24 heavy (non-hydrogen) atoms. The van der Waals surface area contributed by atoms with Crippen molar-refractivity contribution in [3.8, 4) is 5.75 Å². The molecule has 0 unspecified atom stereocenters. The molecule has 2 aromatic rings. The highest BCUT2D eigenvalue weighted by atomic mass is 16.5. The Labute approximate surface area is 144 Å². The molecule has 0 atom stereocenters. The Morgan fingerprint density at radius 2 is 1.75 bits per heavy atom. The van der Waals surface area contributed by atoms with Crippen molar-refractivity contribution >= 4 is 17.3 Å². The summed E-state index contributed by atoms with van der Waals surface area (Å²) in [6, 6.07) is 15.7. The highest BCUT2D eigenvalue weighted by molar-refractivity contribution is 5.92. The van der Waals surface area contributed by atoms with Gasteiger partial charge in [-0.1, -0.05) is 19.1 Å². The maximum absolute atomic E-state index is 12.0. The van der Waals surface area contributed by atoms with Crippen molar-refractivity contribution in [1.82, 2.24) is 0 Å². The maximum Gasteiger partial charge on any atom is 0.262 e. The Balaban J connectivity index is 1.87. The molecule has 2 rings (SSSR count). The average Bonchev–Trinajstić information content (AvgIpc) is 2.62. The van der Waals surface area contributed by atoms with Crippen LogP contribution in [0.1, 0.15) is 26.3 Å². The molecule has 128 valence electrons. The van der Waals surface area contributed by atoms with E-state index in [1.807, 2.05) is 48.5 Å². The fourth-order valence-corrected chi connectivity index (χ4v) is 2.55. The zero-order valence-corrected chi connectivity index (χ0v) is 14.7. The van der Waals surface area contributed by atoms with Crippen LogP contribution in [-0.4, -0.2) is 25.6 Å². The van der Waals surface area contributed by atoms with Crippen LogP contribution in [0.3, 0.4) is 0 Å². The van der Waals surface area contributed by atoms with Gasteiger partial charge in [-0.15, -0.1) is 0 Å². The third-order valence-corrected chi connectivity index (χ3v) is 3.96. The minimum atomic E-state index is -0.160. The number of carbonyl (C=O) groups excluding carboxylic acids is 1. The first-order valence-electron chi connectivity index (χ1n) is 8.52. The van der Waals surface area contributed by atoms with Gasteiger partial charge in [0, 0.05) is 24.5 Å². The average molecular weight is 326 g/mol. The standard InChI is InChI=1S/C20H26N2O2/c1-4-16-8-7-9-19(14-16)24-15-20(23)21-17-10-12-18(13-11-17)22(5-2)6-3/h7-14H,4-6,15H2,1-3H3,(H,21,23). The van der Waals surface area contributed by atoms with E-state index in [-0.39, 0.29) is 12.5 Å². The Hall–Kier alpha value is -2.49. The first-order chi connectivity index (χ1) is 11.7. The molecule has 0 heterocycles. The van der Waals surface area contributed by atoms with E-state index < -0.39 is 0 Å². The number of anilines is 2. The van der Waals surface area contributed by atoms with Crippen LogP contribution in [0.4, 0.5) is 11.4 Å². The molecule has 0 saturated heterocycles. The minimum Gasteiger partial charge on any atom is -0.484 e. The SMILES string of the molecule is CCc1cccc(OCC(=O)Nc2ccc(N(CC)CC)cc2)c1. The second kappa shape index (κ2) is 8.96. The maximum atomic E-state index is 12.0. The monoisotopic (exact) mass is 326 g/mol. The molecule has 0 fully saturated rings. The van der Waals surface area contributed by atoms with Gasteiger partial charge in [0.1, 0.15) is 5.75 Å². The number of aryl methyl sites for hydroxylation is 1. The number of nitrogens with one attached hydrogen (secondary N) is 1. The Morgan fingerprint density at radius 3 is 2.38 bits per heavy atom. The number of ether oxygens (including phenoxy) is 1. The number of benzene rings is 2. The van der Waals surface area contributed by atoms with Crippen LogP contribution >= 0.6 is 0 Å². The van der Waals surface area contributed by atoms with Gasteiger partial charge in [0.25, 0.3) is 5.91 Å². The van der Waals surface area contributed by atoms with Crippen LogP contribution in [0, 0.1) is 0 Å². The molecule has 1 amide bonds. The smallest absolute Gasteiger partial charge is 0.262 e. The van der Waals surface area contributed by atoms with E-state index in [0.717, 1.165) is 36.6 Å². The predicted octanol–water partition coefficient (Wildman–Crippen LogP) is 4.11. The molecular formula is C20H26N2O2. The van der Waals surface area contributed by atoms with Crippen LogP contribution in [0.15, 0.2) is 48.5 Å². The number of nitrogens with zero attached hydrogens (tertiary/aromatic N) is 1. The quantitative estimate of drug-likeness (QED) is 0.793. The zero-order chi connectivity index (χ0) is 17.4. The van der Waals surface area contributed by atoms with Crippen LogP contribution in [0.2, 0.25) is 0 Å². The van der Waals surface area contributed by atoms with Crippen LogP contribution in [0.5, 0.6) is 5.75 Å². The summed E-state index contributed by atoms with van der Waals surface area (Å²) in [5.74, 6) is 0.564. The van der Waals surface area contributed by atoms with Gasteiger partial charge in [0.05, 0.1) is 0 Å². The lowest BCUT2D eigenvalue weighted by molar-refractivity contribution is -0.118. The molecule has 0 bridgehead atoms. The van der Waals surface area contributed by atoms with Crippen molar-refractivity contribution in [2.24, 2.45) is 0 Å². The lowest BCUT2D eigenvalue weighted by Crippen LogP contribution is -2.22. The van der Waals surface area contributed by atoms with E-state index in [0.29, 0.717) is 0 Å². The van der Waals surface area contributed by atoms with Crippen LogP contribution in [0.25, 0.3) is 0 Å². The number of hydrogen-bond acceptors (Lipinski definition) is 3. The molecule has 0 saturated carbocycles. The summed E-state index contributed by atoms with van der Waals surface area (Å²) in [5.41, 5.74) is 3.13. The van der Waals surface area contributed by atoms with Crippen LogP contribution in [-0.2, 0) is 11.2 Å². The minimum absolute atomic E-state index is 0.00492. The molecule has 4 nitrogen and oxygen atoms in total. The van der Waals surface area contributed by atoms with E-state index in [1.54, 1.807) is 0 Å². The number of hydrogen-bond donors (Lipinski definition) is 1. The van der Waals surface area contributed by atoms with Gasteiger partial charge in [-0.25, -0.2) is 0 Å². The molecule has 0 aromatic heterocycles. The molecule has 0 aliphatic rings. The van der Waals surface area contributed by atoms with Gasteiger partial charge in [-0.05, 0) is 62.2 Å². The number of carbonyl (C=O) groups is 1. The summed E-state index contributed by atoms with van der Waals surface area (Å²) in [4.78, 5) is 14.3. The van der Waals surface area contributed by atoms with Crippen molar-refractivity contribution < 1.29 is 9.53 Å². The van der Waals surface area contributed by atoms with E-state index in [2.05, 4.69) is 31.0 Å². The van der Waals surface area contributed by atoms with Gasteiger partial charge in [0.2, 0.25) is 0 Å². The fourth-order valence-electron chi connectivity index (χ4n) is 2.55. The second-order valence-corrected chi connectivity index (χ2v) is 5.56. The topological polar surface area (TPSA) is 41.6 Å². The highest BCUT2D eigenvalue weighted by Crippen LogP contribution is 2.18. The van der Waals surface area contributed by atoms with Gasteiger partial charge in [0.15, 0.2) is 6.61 Å². The molecule has 0 radical (unpaired) electrons. The molecule has 1 N–H and O–H groups in total. The van der Waals surface area contributed by atoms with Crippen molar-refractivity contribution in [2.45, 2.75) is 27.2 Å². The van der Waals surface area contributed by atoms with Crippen LogP contribution < -0.4 is 15.0 Å². The molecule has 2 aromatic carbocycles. The van der Waals surface area contributed by atoms with Crippen molar-refractivity contribution in [2.75, 3.05) is 29.9 Å². The zero-order valence-electron chi connectivity index (χ0n) is 14.7. The summed E-state index contributed by atoms with van der Waals surface area (Å²) in [5, 5.41) is 2.86. The summed E-state index contributed by atoms with van der Waals surface area (Å²) >= 11 is 0. The van der Waals surface area contributed by atoms with Gasteiger partial charge in [-0.3, -0.25) is 4.79 Å². The second-order valence-electron chi connectivity index (χ2n) is 5.56.